The average molecular weight is 350 g/mol. The molecule has 0 bridgehead atoms. The maximum absolute atomic E-state index is 12.8. The summed E-state index contributed by atoms with van der Waals surface area (Å²) in [4.78, 5) is 26.6. The molecule has 1 saturated heterocycles. The quantitative estimate of drug-likeness (QED) is 0.755. The van der Waals surface area contributed by atoms with Gasteiger partial charge in [0.05, 0.1) is 12.0 Å². The van der Waals surface area contributed by atoms with E-state index in [4.69, 9.17) is 0 Å². The molecular weight excluding hydrogens is 330 g/mol. The van der Waals surface area contributed by atoms with Crippen molar-refractivity contribution < 1.29 is 9.59 Å². The summed E-state index contributed by atoms with van der Waals surface area (Å²) in [5.74, 6) is 0.0714. The number of amides is 2. The lowest BCUT2D eigenvalue weighted by molar-refractivity contribution is -0.142. The summed E-state index contributed by atoms with van der Waals surface area (Å²) in [6.07, 6.45) is 6.72. The van der Waals surface area contributed by atoms with E-state index in [0.29, 0.717) is 13.0 Å². The summed E-state index contributed by atoms with van der Waals surface area (Å²) in [5, 5.41) is 0. The topological polar surface area (TPSA) is 37.4 Å². The Balaban J connectivity index is 1.78. The van der Waals surface area contributed by atoms with Gasteiger partial charge in [-0.15, -0.1) is 0 Å². The van der Waals surface area contributed by atoms with Crippen LogP contribution in [0.4, 0.5) is 0 Å². The first-order valence-electron chi connectivity index (χ1n) is 7.70. The van der Waals surface area contributed by atoms with Crippen molar-refractivity contribution in [3.05, 3.63) is 34.3 Å². The molecule has 0 unspecified atom stereocenters. The minimum Gasteiger partial charge on any atom is -0.278 e. The van der Waals surface area contributed by atoms with Crippen LogP contribution in [-0.2, 0) is 16.1 Å². The van der Waals surface area contributed by atoms with E-state index in [1.54, 1.807) is 0 Å². The van der Waals surface area contributed by atoms with Crippen molar-refractivity contribution in [2.75, 3.05) is 0 Å². The lowest BCUT2D eigenvalue weighted by Crippen LogP contribution is -2.35. The normalized spacial score (nSPS) is 21.9. The highest BCUT2D eigenvalue weighted by atomic mass is 79.9. The van der Waals surface area contributed by atoms with Crippen molar-refractivity contribution in [1.82, 2.24) is 4.90 Å². The molecule has 0 atom stereocenters. The second kappa shape index (κ2) is 5.91. The van der Waals surface area contributed by atoms with Crippen LogP contribution in [0, 0.1) is 5.41 Å². The minimum absolute atomic E-state index is 0.00446. The molecule has 3 nitrogen and oxygen atoms in total. The number of hydrogen-bond acceptors (Lipinski definition) is 2. The van der Waals surface area contributed by atoms with E-state index in [1.165, 1.54) is 17.7 Å². The van der Waals surface area contributed by atoms with E-state index < -0.39 is 0 Å². The molecular formula is C17H20BrNO2. The van der Waals surface area contributed by atoms with Crippen LogP contribution in [0.5, 0.6) is 0 Å². The molecule has 2 aliphatic rings. The monoisotopic (exact) mass is 349 g/mol. The van der Waals surface area contributed by atoms with E-state index >= 15 is 0 Å². The van der Waals surface area contributed by atoms with Crippen molar-refractivity contribution in [1.29, 1.82) is 0 Å². The SMILES string of the molecule is O=C1CC2(CCCCCC2)C(=O)N1Cc1ccc(Br)cc1. The van der Waals surface area contributed by atoms with E-state index in [0.717, 1.165) is 35.7 Å². The third-order valence-corrected chi connectivity index (χ3v) is 5.33. The summed E-state index contributed by atoms with van der Waals surface area (Å²) in [5.41, 5.74) is 0.619. The van der Waals surface area contributed by atoms with Gasteiger partial charge in [0.15, 0.2) is 0 Å². The van der Waals surface area contributed by atoms with Gasteiger partial charge in [-0.1, -0.05) is 53.7 Å². The second-order valence-electron chi connectivity index (χ2n) is 6.28. The van der Waals surface area contributed by atoms with Crippen molar-refractivity contribution >= 4 is 27.7 Å². The summed E-state index contributed by atoms with van der Waals surface area (Å²) in [6.45, 7) is 0.409. The molecule has 1 aromatic rings. The highest BCUT2D eigenvalue weighted by molar-refractivity contribution is 9.10. The summed E-state index contributed by atoms with van der Waals surface area (Å²) in [6, 6.07) is 7.81. The molecule has 0 N–H and O–H groups in total. The predicted octanol–water partition coefficient (Wildman–Crippen LogP) is 4.05. The van der Waals surface area contributed by atoms with Crippen LogP contribution in [-0.4, -0.2) is 16.7 Å². The Labute approximate surface area is 133 Å². The summed E-state index contributed by atoms with van der Waals surface area (Å²) < 4.78 is 1.01. The Morgan fingerprint density at radius 1 is 1.00 bits per heavy atom. The number of likely N-dealkylation sites (tertiary alicyclic amines) is 1. The van der Waals surface area contributed by atoms with Gasteiger partial charge in [0.1, 0.15) is 0 Å². The zero-order valence-electron chi connectivity index (χ0n) is 12.1. The van der Waals surface area contributed by atoms with Crippen molar-refractivity contribution in [3.8, 4) is 0 Å². The van der Waals surface area contributed by atoms with E-state index in [1.807, 2.05) is 24.3 Å². The van der Waals surface area contributed by atoms with E-state index in [2.05, 4.69) is 15.9 Å². The number of halogens is 1. The predicted molar refractivity (Wildman–Crippen MR) is 84.5 cm³/mol. The molecule has 3 rings (SSSR count). The number of hydrogen-bond donors (Lipinski definition) is 0. The van der Waals surface area contributed by atoms with Crippen LogP contribution in [0.3, 0.4) is 0 Å². The van der Waals surface area contributed by atoms with Gasteiger partial charge in [0.2, 0.25) is 11.8 Å². The summed E-state index contributed by atoms with van der Waals surface area (Å²) >= 11 is 3.40. The first-order chi connectivity index (χ1) is 10.1. The molecule has 1 aliphatic carbocycles. The first kappa shape index (κ1) is 14.8. The molecule has 1 aromatic carbocycles. The molecule has 0 aromatic heterocycles. The molecule has 2 amide bonds. The lowest BCUT2D eigenvalue weighted by Gasteiger charge is -2.25. The fraction of sp³-hybridized carbons (Fsp3) is 0.529. The third-order valence-electron chi connectivity index (χ3n) is 4.80. The first-order valence-corrected chi connectivity index (χ1v) is 8.49. The van der Waals surface area contributed by atoms with Gasteiger partial charge in [-0.05, 0) is 30.5 Å². The summed E-state index contributed by atoms with van der Waals surface area (Å²) in [7, 11) is 0. The number of imide groups is 1. The van der Waals surface area contributed by atoms with E-state index in [9.17, 15) is 9.59 Å². The molecule has 1 saturated carbocycles. The van der Waals surface area contributed by atoms with Gasteiger partial charge < -0.3 is 0 Å². The van der Waals surface area contributed by atoms with Crippen molar-refractivity contribution in [2.24, 2.45) is 5.41 Å². The molecule has 21 heavy (non-hydrogen) atoms. The smallest absolute Gasteiger partial charge is 0.236 e. The minimum atomic E-state index is -0.386. The highest BCUT2D eigenvalue weighted by Gasteiger charge is 2.50. The number of carbonyl (C=O) groups excluding carboxylic acids is 2. The van der Waals surface area contributed by atoms with Gasteiger partial charge in [0.25, 0.3) is 0 Å². The zero-order valence-corrected chi connectivity index (χ0v) is 13.7. The number of nitrogens with zero attached hydrogens (tertiary/aromatic N) is 1. The van der Waals surface area contributed by atoms with Gasteiger partial charge >= 0.3 is 0 Å². The largest absolute Gasteiger partial charge is 0.278 e. The average Bonchev–Trinajstić information content (AvgIpc) is 2.64. The fourth-order valence-electron chi connectivity index (χ4n) is 3.59. The number of carbonyl (C=O) groups is 2. The van der Waals surface area contributed by atoms with E-state index in [-0.39, 0.29) is 17.2 Å². The van der Waals surface area contributed by atoms with Crippen LogP contribution >= 0.6 is 15.9 Å². The third kappa shape index (κ3) is 2.91. The van der Waals surface area contributed by atoms with Crippen LogP contribution in [0.15, 0.2) is 28.7 Å². The molecule has 1 spiro atoms. The van der Waals surface area contributed by atoms with Gasteiger partial charge in [-0.2, -0.15) is 0 Å². The molecule has 0 radical (unpaired) electrons. The van der Waals surface area contributed by atoms with Crippen LogP contribution in [0.1, 0.15) is 50.5 Å². The Hall–Kier alpha value is -1.16. The second-order valence-corrected chi connectivity index (χ2v) is 7.20. The molecule has 4 heteroatoms. The lowest BCUT2D eigenvalue weighted by atomic mass is 9.79. The van der Waals surface area contributed by atoms with Crippen molar-refractivity contribution in [2.45, 2.75) is 51.5 Å². The standard InChI is InChI=1S/C17H20BrNO2/c18-14-7-5-13(6-8-14)12-19-15(20)11-17(16(19)21)9-3-1-2-4-10-17/h5-8H,1-4,9-12H2. The maximum atomic E-state index is 12.8. The Morgan fingerprint density at radius 3 is 2.24 bits per heavy atom. The molecule has 2 fully saturated rings. The zero-order chi connectivity index (χ0) is 14.9. The van der Waals surface area contributed by atoms with Crippen LogP contribution in [0.25, 0.3) is 0 Å². The Kier molecular flexibility index (Phi) is 4.16. The molecule has 1 aliphatic heterocycles. The Morgan fingerprint density at radius 2 is 1.62 bits per heavy atom. The molecule has 112 valence electrons. The van der Waals surface area contributed by atoms with Crippen molar-refractivity contribution in [3.63, 3.8) is 0 Å². The molecule has 1 heterocycles. The maximum Gasteiger partial charge on any atom is 0.236 e. The Bertz CT molecular complexity index is 544. The fourth-order valence-corrected chi connectivity index (χ4v) is 3.85. The van der Waals surface area contributed by atoms with Gasteiger partial charge in [-0.3, -0.25) is 14.5 Å². The van der Waals surface area contributed by atoms with Gasteiger partial charge in [-0.25, -0.2) is 0 Å². The highest BCUT2D eigenvalue weighted by Crippen LogP contribution is 2.44. The number of rotatable bonds is 2. The van der Waals surface area contributed by atoms with Crippen LogP contribution < -0.4 is 0 Å². The van der Waals surface area contributed by atoms with Crippen LogP contribution in [0.2, 0.25) is 0 Å². The number of benzene rings is 1. The van der Waals surface area contributed by atoms with Gasteiger partial charge in [0, 0.05) is 10.9 Å².